The largest absolute Gasteiger partial charge is 0.493 e. The summed E-state index contributed by atoms with van der Waals surface area (Å²) in [6.45, 7) is 2.02. The molecule has 0 saturated heterocycles. The topological polar surface area (TPSA) is 66.3 Å². The Labute approximate surface area is 147 Å². The lowest BCUT2D eigenvalue weighted by Gasteiger charge is -2.10. The van der Waals surface area contributed by atoms with E-state index in [-0.39, 0.29) is 19.0 Å². The Morgan fingerprint density at radius 2 is 1.76 bits per heavy atom. The standard InChI is InChI=1S/C19H21NO5/c1-14(21)16-8-4-5-9-17(16)24-11-12-25-20-13-15-7-6-10-18(22-2)19(15)23-3/h4-10,13H,11-12H2,1-3H3/b20-13+. The number of ether oxygens (including phenoxy) is 3. The minimum atomic E-state index is -0.0420. The van der Waals surface area contributed by atoms with Crippen LogP contribution in [-0.2, 0) is 4.84 Å². The first-order valence-electron chi connectivity index (χ1n) is 7.76. The lowest BCUT2D eigenvalue weighted by molar-refractivity contribution is 0.0987. The molecule has 0 saturated carbocycles. The number of methoxy groups -OCH3 is 2. The van der Waals surface area contributed by atoms with Gasteiger partial charge < -0.3 is 19.0 Å². The van der Waals surface area contributed by atoms with Crippen LogP contribution in [0.4, 0.5) is 0 Å². The molecule has 6 heteroatoms. The fourth-order valence-corrected chi connectivity index (χ4v) is 2.23. The fourth-order valence-electron chi connectivity index (χ4n) is 2.23. The molecule has 0 radical (unpaired) electrons. The molecule has 0 fully saturated rings. The molecule has 0 amide bonds. The Morgan fingerprint density at radius 3 is 2.48 bits per heavy atom. The zero-order chi connectivity index (χ0) is 18.1. The van der Waals surface area contributed by atoms with Crippen molar-refractivity contribution in [3.05, 3.63) is 53.6 Å². The van der Waals surface area contributed by atoms with E-state index in [1.54, 1.807) is 44.7 Å². The van der Waals surface area contributed by atoms with Gasteiger partial charge in [0, 0.05) is 5.56 Å². The third-order valence-electron chi connectivity index (χ3n) is 3.40. The first-order valence-corrected chi connectivity index (χ1v) is 7.76. The Morgan fingerprint density at radius 1 is 1.00 bits per heavy atom. The van der Waals surface area contributed by atoms with Crippen LogP contribution in [0.5, 0.6) is 17.2 Å². The molecular formula is C19H21NO5. The molecule has 0 atom stereocenters. The highest BCUT2D eigenvalue weighted by molar-refractivity contribution is 5.96. The van der Waals surface area contributed by atoms with Gasteiger partial charge in [0.25, 0.3) is 0 Å². The summed E-state index contributed by atoms with van der Waals surface area (Å²) in [5, 5.41) is 3.91. The summed E-state index contributed by atoms with van der Waals surface area (Å²) in [6, 6.07) is 12.6. The summed E-state index contributed by atoms with van der Waals surface area (Å²) >= 11 is 0. The third-order valence-corrected chi connectivity index (χ3v) is 3.40. The number of benzene rings is 2. The average molecular weight is 343 g/mol. The number of nitrogens with zero attached hydrogens (tertiary/aromatic N) is 1. The van der Waals surface area contributed by atoms with Crippen LogP contribution in [0.3, 0.4) is 0 Å². The first-order chi connectivity index (χ1) is 12.2. The van der Waals surface area contributed by atoms with Gasteiger partial charge in [0.15, 0.2) is 23.9 Å². The Hall–Kier alpha value is -3.02. The molecule has 0 aromatic heterocycles. The summed E-state index contributed by atoms with van der Waals surface area (Å²) in [5.41, 5.74) is 1.29. The van der Waals surface area contributed by atoms with Crippen LogP contribution in [0.2, 0.25) is 0 Å². The van der Waals surface area contributed by atoms with Crippen molar-refractivity contribution < 1.29 is 23.8 Å². The second kappa shape index (κ2) is 9.32. The molecule has 0 bridgehead atoms. The summed E-state index contributed by atoms with van der Waals surface area (Å²) in [6.07, 6.45) is 1.55. The van der Waals surface area contributed by atoms with Crippen molar-refractivity contribution in [1.82, 2.24) is 0 Å². The molecule has 2 rings (SSSR count). The van der Waals surface area contributed by atoms with Gasteiger partial charge in [0.2, 0.25) is 0 Å². The molecule has 0 N–H and O–H groups in total. The molecule has 2 aromatic carbocycles. The average Bonchev–Trinajstić information content (AvgIpc) is 2.64. The third kappa shape index (κ3) is 4.97. The maximum Gasteiger partial charge on any atom is 0.169 e. The Bertz CT molecular complexity index is 742. The smallest absolute Gasteiger partial charge is 0.169 e. The van der Waals surface area contributed by atoms with Gasteiger partial charge in [0.05, 0.1) is 26.0 Å². The fraction of sp³-hybridized carbons (Fsp3) is 0.263. The number of hydrogen-bond acceptors (Lipinski definition) is 6. The SMILES string of the molecule is COc1cccc(/C=N/OCCOc2ccccc2C(C)=O)c1OC. The van der Waals surface area contributed by atoms with Crippen molar-refractivity contribution in [3.63, 3.8) is 0 Å². The van der Waals surface area contributed by atoms with E-state index in [4.69, 9.17) is 19.0 Å². The number of hydrogen-bond donors (Lipinski definition) is 0. The molecule has 132 valence electrons. The molecule has 0 aliphatic heterocycles. The van der Waals surface area contributed by atoms with Gasteiger partial charge >= 0.3 is 0 Å². The van der Waals surface area contributed by atoms with Gasteiger partial charge in [-0.3, -0.25) is 4.79 Å². The molecule has 0 aliphatic rings. The number of rotatable bonds is 9. The number of Topliss-reactive ketones (excluding diaryl/α,β-unsaturated/α-hetero) is 1. The highest BCUT2D eigenvalue weighted by atomic mass is 16.6. The summed E-state index contributed by atoms with van der Waals surface area (Å²) < 4.78 is 16.1. The van der Waals surface area contributed by atoms with Gasteiger partial charge in [-0.2, -0.15) is 0 Å². The van der Waals surface area contributed by atoms with Crippen LogP contribution in [0.15, 0.2) is 47.6 Å². The normalized spacial score (nSPS) is 10.5. The number of ketones is 1. The molecule has 0 spiro atoms. The zero-order valence-corrected chi connectivity index (χ0v) is 14.5. The molecule has 2 aromatic rings. The van der Waals surface area contributed by atoms with Crippen LogP contribution in [-0.4, -0.2) is 39.4 Å². The highest BCUT2D eigenvalue weighted by Crippen LogP contribution is 2.29. The lowest BCUT2D eigenvalue weighted by atomic mass is 10.1. The minimum absolute atomic E-state index is 0.0420. The molecule has 6 nitrogen and oxygen atoms in total. The molecule has 0 unspecified atom stereocenters. The van der Waals surface area contributed by atoms with E-state index in [0.29, 0.717) is 22.8 Å². The summed E-state index contributed by atoms with van der Waals surface area (Å²) in [7, 11) is 3.14. The summed E-state index contributed by atoms with van der Waals surface area (Å²) in [4.78, 5) is 16.7. The van der Waals surface area contributed by atoms with Gasteiger partial charge in [0.1, 0.15) is 12.4 Å². The highest BCUT2D eigenvalue weighted by Gasteiger charge is 2.08. The lowest BCUT2D eigenvalue weighted by Crippen LogP contribution is -2.07. The Balaban J connectivity index is 1.86. The van der Waals surface area contributed by atoms with Crippen LogP contribution < -0.4 is 14.2 Å². The van der Waals surface area contributed by atoms with E-state index < -0.39 is 0 Å². The number of carbonyl (C=O) groups is 1. The maximum absolute atomic E-state index is 11.5. The van der Waals surface area contributed by atoms with Gasteiger partial charge in [-0.1, -0.05) is 23.4 Å². The van der Waals surface area contributed by atoms with Crippen molar-refractivity contribution in [1.29, 1.82) is 0 Å². The maximum atomic E-state index is 11.5. The molecule has 0 aliphatic carbocycles. The molecule has 0 heterocycles. The monoisotopic (exact) mass is 343 g/mol. The molecular weight excluding hydrogens is 322 g/mol. The zero-order valence-electron chi connectivity index (χ0n) is 14.5. The van der Waals surface area contributed by atoms with Gasteiger partial charge in [-0.05, 0) is 31.2 Å². The van der Waals surface area contributed by atoms with E-state index in [1.807, 2.05) is 18.2 Å². The van der Waals surface area contributed by atoms with Crippen molar-refractivity contribution in [3.8, 4) is 17.2 Å². The van der Waals surface area contributed by atoms with Crippen molar-refractivity contribution in [2.24, 2.45) is 5.16 Å². The minimum Gasteiger partial charge on any atom is -0.493 e. The van der Waals surface area contributed by atoms with Crippen molar-refractivity contribution in [2.75, 3.05) is 27.4 Å². The van der Waals surface area contributed by atoms with Crippen LogP contribution >= 0.6 is 0 Å². The van der Waals surface area contributed by atoms with Crippen molar-refractivity contribution in [2.45, 2.75) is 6.92 Å². The van der Waals surface area contributed by atoms with E-state index in [9.17, 15) is 4.79 Å². The van der Waals surface area contributed by atoms with Gasteiger partial charge in [-0.25, -0.2) is 0 Å². The van der Waals surface area contributed by atoms with E-state index in [1.165, 1.54) is 6.92 Å². The van der Waals surface area contributed by atoms with Crippen LogP contribution in [0, 0.1) is 0 Å². The van der Waals surface area contributed by atoms with Crippen LogP contribution in [0.25, 0.3) is 0 Å². The predicted molar refractivity (Wildman–Crippen MR) is 95.0 cm³/mol. The quantitative estimate of drug-likeness (QED) is 0.302. The van der Waals surface area contributed by atoms with Crippen LogP contribution in [0.1, 0.15) is 22.8 Å². The number of para-hydroxylation sites is 2. The van der Waals surface area contributed by atoms with E-state index >= 15 is 0 Å². The second-order valence-electron chi connectivity index (χ2n) is 5.05. The number of carbonyl (C=O) groups excluding carboxylic acids is 1. The second-order valence-corrected chi connectivity index (χ2v) is 5.05. The summed E-state index contributed by atoms with van der Waals surface area (Å²) in [5.74, 6) is 1.70. The van der Waals surface area contributed by atoms with E-state index in [0.717, 1.165) is 5.56 Å². The van der Waals surface area contributed by atoms with E-state index in [2.05, 4.69) is 5.16 Å². The molecule has 25 heavy (non-hydrogen) atoms. The Kier molecular flexibility index (Phi) is 6.83. The van der Waals surface area contributed by atoms with Crippen molar-refractivity contribution >= 4 is 12.0 Å². The van der Waals surface area contributed by atoms with Gasteiger partial charge in [-0.15, -0.1) is 0 Å². The number of oxime groups is 1. The predicted octanol–water partition coefficient (Wildman–Crippen LogP) is 3.34. The first kappa shape index (κ1) is 18.3.